The molecular weight excluding hydrogens is 255 g/mol. The molecule has 1 aliphatic rings. The van der Waals surface area contributed by atoms with E-state index < -0.39 is 0 Å². The highest BCUT2D eigenvalue weighted by molar-refractivity contribution is 6.35. The summed E-state index contributed by atoms with van der Waals surface area (Å²) in [5.41, 5.74) is 1.16. The van der Waals surface area contributed by atoms with Crippen molar-refractivity contribution in [2.75, 3.05) is 0 Å². The Morgan fingerprint density at radius 1 is 1.12 bits per heavy atom. The van der Waals surface area contributed by atoms with Crippen LogP contribution in [0.15, 0.2) is 58.3 Å². The minimum Gasteiger partial charge on any atom is -0.461 e. The molecule has 1 aliphatic carbocycles. The minimum absolute atomic E-state index is 0.575. The van der Waals surface area contributed by atoms with Crippen molar-refractivity contribution in [1.29, 1.82) is 0 Å². The van der Waals surface area contributed by atoms with Gasteiger partial charge >= 0.3 is 0 Å². The highest BCUT2D eigenvalue weighted by Crippen LogP contribution is 2.24. The Morgan fingerprint density at radius 3 is 2.71 bits per heavy atom. The fourth-order valence-electron chi connectivity index (χ4n) is 1.54. The van der Waals surface area contributed by atoms with Crippen molar-refractivity contribution < 1.29 is 4.74 Å². The van der Waals surface area contributed by atoms with E-state index in [1.807, 2.05) is 37.3 Å². The Hall–Kier alpha value is -1.18. The van der Waals surface area contributed by atoms with E-state index in [2.05, 4.69) is 0 Å². The van der Waals surface area contributed by atoms with Crippen molar-refractivity contribution in [2.24, 2.45) is 0 Å². The summed E-state index contributed by atoms with van der Waals surface area (Å²) < 4.78 is 5.77. The zero-order chi connectivity index (χ0) is 12.3. The molecule has 2 rings (SSSR count). The van der Waals surface area contributed by atoms with Crippen LogP contribution in [0.4, 0.5) is 0 Å². The van der Waals surface area contributed by atoms with Crippen molar-refractivity contribution in [1.82, 2.24) is 0 Å². The van der Waals surface area contributed by atoms with Crippen LogP contribution in [0.1, 0.15) is 12.0 Å². The molecular formula is C14H12Cl2O. The van der Waals surface area contributed by atoms with Crippen molar-refractivity contribution in [2.45, 2.75) is 13.3 Å². The van der Waals surface area contributed by atoms with Gasteiger partial charge in [0.2, 0.25) is 0 Å². The van der Waals surface area contributed by atoms with E-state index >= 15 is 0 Å². The van der Waals surface area contributed by atoms with Gasteiger partial charge in [-0.2, -0.15) is 0 Å². The van der Waals surface area contributed by atoms with Crippen LogP contribution in [0.3, 0.4) is 0 Å². The van der Waals surface area contributed by atoms with Crippen LogP contribution in [-0.4, -0.2) is 0 Å². The monoisotopic (exact) mass is 266 g/mol. The van der Waals surface area contributed by atoms with E-state index in [1.54, 1.807) is 12.2 Å². The van der Waals surface area contributed by atoms with Gasteiger partial charge in [0, 0.05) is 16.5 Å². The molecule has 0 aliphatic heterocycles. The van der Waals surface area contributed by atoms with Crippen LogP contribution in [0.2, 0.25) is 0 Å². The largest absolute Gasteiger partial charge is 0.461 e. The molecule has 1 aromatic rings. The summed E-state index contributed by atoms with van der Waals surface area (Å²) in [6.45, 7) is 2.03. The number of ether oxygens (including phenoxy) is 1. The van der Waals surface area contributed by atoms with E-state index in [4.69, 9.17) is 27.9 Å². The first-order valence-electron chi connectivity index (χ1n) is 5.31. The van der Waals surface area contributed by atoms with Gasteiger partial charge in [-0.05, 0) is 36.8 Å². The third-order valence-corrected chi connectivity index (χ3v) is 2.79. The third-order valence-electron chi connectivity index (χ3n) is 2.31. The maximum absolute atomic E-state index is 5.99. The van der Waals surface area contributed by atoms with Crippen molar-refractivity contribution in [3.8, 4) is 5.75 Å². The predicted octanol–water partition coefficient (Wildman–Crippen LogP) is 4.91. The molecule has 0 fully saturated rings. The number of benzene rings is 1. The zero-order valence-corrected chi connectivity index (χ0v) is 10.9. The highest BCUT2D eigenvalue weighted by Gasteiger charge is 2.05. The van der Waals surface area contributed by atoms with Gasteiger partial charge in [-0.3, -0.25) is 0 Å². The molecule has 0 aromatic heterocycles. The fraction of sp³-hybridized carbons (Fsp3) is 0.143. The van der Waals surface area contributed by atoms with E-state index in [0.717, 1.165) is 17.1 Å². The maximum atomic E-state index is 5.99. The number of halogens is 2. The van der Waals surface area contributed by atoms with Crippen LogP contribution in [-0.2, 0) is 0 Å². The molecule has 1 nitrogen and oxygen atoms in total. The summed E-state index contributed by atoms with van der Waals surface area (Å²) in [5.74, 6) is 1.60. The Kier molecular flexibility index (Phi) is 3.93. The lowest BCUT2D eigenvalue weighted by Gasteiger charge is -2.08. The second-order valence-electron chi connectivity index (χ2n) is 3.85. The van der Waals surface area contributed by atoms with Crippen LogP contribution in [0.5, 0.6) is 5.75 Å². The summed E-state index contributed by atoms with van der Waals surface area (Å²) >= 11 is 11.9. The predicted molar refractivity (Wildman–Crippen MR) is 72.4 cm³/mol. The first kappa shape index (κ1) is 12.3. The molecule has 0 N–H and O–H groups in total. The quantitative estimate of drug-likeness (QED) is 0.740. The molecule has 0 unspecified atom stereocenters. The molecule has 0 radical (unpaired) electrons. The summed E-state index contributed by atoms with van der Waals surface area (Å²) in [6, 6.07) is 7.89. The van der Waals surface area contributed by atoms with Crippen LogP contribution in [0.25, 0.3) is 0 Å². The number of rotatable bonds is 2. The van der Waals surface area contributed by atoms with Gasteiger partial charge in [-0.25, -0.2) is 0 Å². The van der Waals surface area contributed by atoms with E-state index in [1.165, 1.54) is 0 Å². The number of allylic oxidation sites excluding steroid dienone is 5. The van der Waals surface area contributed by atoms with Crippen LogP contribution in [0, 0.1) is 6.92 Å². The average molecular weight is 267 g/mol. The average Bonchev–Trinajstić information content (AvgIpc) is 2.40. The maximum Gasteiger partial charge on any atom is 0.127 e. The Balaban J connectivity index is 2.17. The van der Waals surface area contributed by atoms with Gasteiger partial charge in [0.25, 0.3) is 0 Å². The molecule has 0 atom stereocenters. The molecule has 0 saturated heterocycles. The van der Waals surface area contributed by atoms with Gasteiger partial charge in [-0.15, -0.1) is 0 Å². The van der Waals surface area contributed by atoms with Gasteiger partial charge in [0.1, 0.15) is 11.5 Å². The number of hydrogen-bond acceptors (Lipinski definition) is 1. The molecule has 88 valence electrons. The second kappa shape index (κ2) is 5.44. The Morgan fingerprint density at radius 2 is 1.94 bits per heavy atom. The molecule has 0 heterocycles. The smallest absolute Gasteiger partial charge is 0.127 e. The number of hydrogen-bond donors (Lipinski definition) is 0. The summed E-state index contributed by atoms with van der Waals surface area (Å²) in [5, 5.41) is 1.21. The standard InChI is InChI=1S/C14H12Cl2O/c1-10-3-2-4-13(7-10)17-14-6-5-11(15)8-12(16)9-14/h2-5,7-9H,6H2,1H3. The van der Waals surface area contributed by atoms with E-state index in [-0.39, 0.29) is 0 Å². The lowest BCUT2D eigenvalue weighted by molar-refractivity contribution is 0.415. The van der Waals surface area contributed by atoms with Crippen LogP contribution < -0.4 is 4.74 Å². The van der Waals surface area contributed by atoms with Crippen molar-refractivity contribution in [3.63, 3.8) is 0 Å². The van der Waals surface area contributed by atoms with Crippen molar-refractivity contribution >= 4 is 23.2 Å². The van der Waals surface area contributed by atoms with Crippen molar-refractivity contribution in [3.05, 3.63) is 63.9 Å². The summed E-state index contributed by atoms with van der Waals surface area (Å²) in [7, 11) is 0. The first-order valence-corrected chi connectivity index (χ1v) is 6.07. The van der Waals surface area contributed by atoms with Gasteiger partial charge in [0.05, 0.1) is 0 Å². The molecule has 0 amide bonds. The SMILES string of the molecule is Cc1cccc(OC2=CC(Cl)=CC(Cl)=CC2)c1. The third kappa shape index (κ3) is 3.65. The molecule has 3 heteroatoms. The fourth-order valence-corrected chi connectivity index (χ4v) is 2.03. The lowest BCUT2D eigenvalue weighted by atomic mass is 10.2. The highest BCUT2D eigenvalue weighted by atomic mass is 35.5. The normalized spacial score (nSPS) is 15.6. The lowest BCUT2D eigenvalue weighted by Crippen LogP contribution is -1.94. The Labute approximate surface area is 111 Å². The van der Waals surface area contributed by atoms with Gasteiger partial charge in [0.15, 0.2) is 0 Å². The van der Waals surface area contributed by atoms with Gasteiger partial charge in [-0.1, -0.05) is 41.4 Å². The van der Waals surface area contributed by atoms with E-state index in [9.17, 15) is 0 Å². The second-order valence-corrected chi connectivity index (χ2v) is 4.72. The molecule has 17 heavy (non-hydrogen) atoms. The molecule has 0 spiro atoms. The topological polar surface area (TPSA) is 9.23 Å². The minimum atomic E-state index is 0.575. The summed E-state index contributed by atoms with van der Waals surface area (Å²) in [4.78, 5) is 0. The molecule has 0 bridgehead atoms. The number of aryl methyl sites for hydroxylation is 1. The van der Waals surface area contributed by atoms with Gasteiger partial charge < -0.3 is 4.74 Å². The molecule has 0 saturated carbocycles. The molecule has 1 aromatic carbocycles. The zero-order valence-electron chi connectivity index (χ0n) is 9.41. The summed E-state index contributed by atoms with van der Waals surface area (Å²) in [6.07, 6.45) is 6.00. The van der Waals surface area contributed by atoms with Crippen LogP contribution >= 0.6 is 23.2 Å². The van der Waals surface area contributed by atoms with E-state index in [0.29, 0.717) is 16.5 Å². The first-order chi connectivity index (χ1) is 8.13. The Bertz CT molecular complexity index is 513.